The molecular weight excluding hydrogens is 287 g/mol. The van der Waals surface area contributed by atoms with Crippen LogP contribution in [0.25, 0.3) is 0 Å². The summed E-state index contributed by atoms with van der Waals surface area (Å²) in [6, 6.07) is 4.02. The normalized spacial score (nSPS) is 21.0. The lowest BCUT2D eigenvalue weighted by Gasteiger charge is -2.37. The van der Waals surface area contributed by atoms with Crippen LogP contribution in [0.2, 0.25) is 0 Å². The molecule has 1 aromatic rings. The summed E-state index contributed by atoms with van der Waals surface area (Å²) in [6.45, 7) is 2.76. The predicted octanol–water partition coefficient (Wildman–Crippen LogP) is 1.48. The third-order valence-electron chi connectivity index (χ3n) is 4.38. The number of ketones is 1. The number of halogens is 1. The molecule has 22 heavy (non-hydrogen) atoms. The van der Waals surface area contributed by atoms with Crippen molar-refractivity contribution in [3.63, 3.8) is 0 Å². The molecule has 0 aromatic heterocycles. The minimum absolute atomic E-state index is 0.0113. The van der Waals surface area contributed by atoms with Crippen molar-refractivity contribution in [2.24, 2.45) is 0 Å². The molecule has 2 aliphatic rings. The van der Waals surface area contributed by atoms with Gasteiger partial charge >= 0.3 is 0 Å². The highest BCUT2D eigenvalue weighted by atomic mass is 19.1. The first-order chi connectivity index (χ1) is 10.5. The Labute approximate surface area is 127 Å². The summed E-state index contributed by atoms with van der Waals surface area (Å²) in [7, 11) is 0. The van der Waals surface area contributed by atoms with Gasteiger partial charge in [0.15, 0.2) is 5.78 Å². The van der Waals surface area contributed by atoms with Crippen molar-refractivity contribution in [2.75, 3.05) is 19.6 Å². The van der Waals surface area contributed by atoms with Gasteiger partial charge in [-0.2, -0.15) is 0 Å². The van der Waals surface area contributed by atoms with Crippen molar-refractivity contribution < 1.29 is 18.8 Å². The Balaban J connectivity index is 1.76. The molecule has 0 N–H and O–H groups in total. The second-order valence-electron chi connectivity index (χ2n) is 5.78. The fraction of sp³-hybridized carbons (Fsp3) is 0.438. The Morgan fingerprint density at radius 3 is 2.73 bits per heavy atom. The van der Waals surface area contributed by atoms with Crippen LogP contribution in [-0.2, 0) is 4.79 Å². The van der Waals surface area contributed by atoms with Gasteiger partial charge in [0.2, 0.25) is 5.91 Å². The zero-order chi connectivity index (χ0) is 15.9. The van der Waals surface area contributed by atoms with Crippen molar-refractivity contribution in [1.82, 2.24) is 9.80 Å². The molecule has 3 rings (SSSR count). The van der Waals surface area contributed by atoms with Crippen LogP contribution in [0.1, 0.15) is 40.5 Å². The molecule has 2 fully saturated rings. The number of piperazine rings is 1. The number of fused-ring (bicyclic) bond motifs is 1. The fourth-order valence-corrected chi connectivity index (χ4v) is 3.17. The summed E-state index contributed by atoms with van der Waals surface area (Å²) >= 11 is 0. The molecule has 0 radical (unpaired) electrons. The summed E-state index contributed by atoms with van der Waals surface area (Å²) in [6.07, 6.45) is 1.30. The maximum atomic E-state index is 13.9. The molecule has 6 heteroatoms. The number of Topliss-reactive ketones (excluding diaryl/α,β-unsaturated/α-hetero) is 1. The molecule has 0 aliphatic carbocycles. The zero-order valence-electron chi connectivity index (χ0n) is 12.3. The second kappa shape index (κ2) is 5.51. The van der Waals surface area contributed by atoms with Gasteiger partial charge in [-0.05, 0) is 31.5 Å². The first kappa shape index (κ1) is 14.7. The fourth-order valence-electron chi connectivity index (χ4n) is 3.17. The highest BCUT2D eigenvalue weighted by Crippen LogP contribution is 2.24. The van der Waals surface area contributed by atoms with Gasteiger partial charge in [-0.15, -0.1) is 0 Å². The van der Waals surface area contributed by atoms with Gasteiger partial charge in [0.25, 0.3) is 5.91 Å². The van der Waals surface area contributed by atoms with Crippen LogP contribution in [0.4, 0.5) is 4.39 Å². The minimum atomic E-state index is -0.673. The number of rotatable bonds is 2. The van der Waals surface area contributed by atoms with Crippen LogP contribution in [0.5, 0.6) is 0 Å². The highest BCUT2D eigenvalue weighted by molar-refractivity contribution is 5.98. The zero-order valence-corrected chi connectivity index (χ0v) is 12.3. The number of hydrogen-bond acceptors (Lipinski definition) is 3. The summed E-state index contributed by atoms with van der Waals surface area (Å²) in [4.78, 5) is 38.8. The molecule has 116 valence electrons. The molecule has 1 aromatic carbocycles. The summed E-state index contributed by atoms with van der Waals surface area (Å²) in [5.41, 5.74) is 0.225. The van der Waals surface area contributed by atoms with Crippen LogP contribution in [-0.4, -0.2) is 53.1 Å². The predicted molar refractivity (Wildman–Crippen MR) is 77.0 cm³/mol. The molecule has 1 atom stereocenters. The Morgan fingerprint density at radius 1 is 1.27 bits per heavy atom. The number of benzene rings is 1. The van der Waals surface area contributed by atoms with Gasteiger partial charge in [-0.1, -0.05) is 0 Å². The quantitative estimate of drug-likeness (QED) is 0.778. The van der Waals surface area contributed by atoms with Crippen molar-refractivity contribution in [3.8, 4) is 0 Å². The molecule has 0 spiro atoms. The standard InChI is InChI=1S/C16H17FN2O3/c1-10(20)13-4-2-11(8-14(13)17)16(22)18-6-7-19-12(9-18)3-5-15(19)21/h2,4,8,12H,3,5-7,9H2,1H3. The van der Waals surface area contributed by atoms with Gasteiger partial charge in [0.05, 0.1) is 5.56 Å². The van der Waals surface area contributed by atoms with Crippen LogP contribution >= 0.6 is 0 Å². The smallest absolute Gasteiger partial charge is 0.254 e. The van der Waals surface area contributed by atoms with Gasteiger partial charge in [0, 0.05) is 37.7 Å². The first-order valence-electron chi connectivity index (χ1n) is 7.36. The van der Waals surface area contributed by atoms with Crippen LogP contribution in [0, 0.1) is 5.82 Å². The van der Waals surface area contributed by atoms with Crippen molar-refractivity contribution in [2.45, 2.75) is 25.8 Å². The van der Waals surface area contributed by atoms with Gasteiger partial charge in [-0.3, -0.25) is 14.4 Å². The second-order valence-corrected chi connectivity index (χ2v) is 5.78. The average molecular weight is 304 g/mol. The van der Waals surface area contributed by atoms with Crippen molar-refractivity contribution in [1.29, 1.82) is 0 Å². The SMILES string of the molecule is CC(=O)c1ccc(C(=O)N2CCN3C(=O)CCC3C2)cc1F. The largest absolute Gasteiger partial charge is 0.336 e. The highest BCUT2D eigenvalue weighted by Gasteiger charge is 2.37. The lowest BCUT2D eigenvalue weighted by atomic mass is 10.1. The maximum Gasteiger partial charge on any atom is 0.254 e. The van der Waals surface area contributed by atoms with E-state index in [-0.39, 0.29) is 34.8 Å². The van der Waals surface area contributed by atoms with E-state index in [1.807, 2.05) is 4.90 Å². The number of carbonyl (C=O) groups is 3. The Hall–Kier alpha value is -2.24. The molecule has 2 heterocycles. The average Bonchev–Trinajstić information content (AvgIpc) is 2.87. The van der Waals surface area contributed by atoms with E-state index in [2.05, 4.69) is 0 Å². The van der Waals surface area contributed by atoms with Gasteiger partial charge in [-0.25, -0.2) is 4.39 Å². The maximum absolute atomic E-state index is 13.9. The van der Waals surface area contributed by atoms with E-state index in [0.717, 1.165) is 12.5 Å². The number of amides is 2. The van der Waals surface area contributed by atoms with E-state index in [1.54, 1.807) is 4.90 Å². The summed E-state index contributed by atoms with van der Waals surface area (Å²) < 4.78 is 13.9. The Morgan fingerprint density at radius 2 is 2.05 bits per heavy atom. The third kappa shape index (κ3) is 2.49. The molecule has 5 nitrogen and oxygen atoms in total. The minimum Gasteiger partial charge on any atom is -0.336 e. The number of carbonyl (C=O) groups excluding carboxylic acids is 3. The summed E-state index contributed by atoms with van der Waals surface area (Å²) in [5, 5.41) is 0. The molecule has 2 aliphatic heterocycles. The molecule has 2 saturated heterocycles. The van der Waals surface area contributed by atoms with Crippen LogP contribution < -0.4 is 0 Å². The molecule has 2 amide bonds. The number of hydrogen-bond donors (Lipinski definition) is 0. The summed E-state index contributed by atoms with van der Waals surface area (Å²) in [5.74, 6) is -1.15. The third-order valence-corrected chi connectivity index (χ3v) is 4.38. The topological polar surface area (TPSA) is 57.7 Å². The lowest BCUT2D eigenvalue weighted by molar-refractivity contribution is -0.130. The van der Waals surface area contributed by atoms with Crippen molar-refractivity contribution >= 4 is 17.6 Å². The van der Waals surface area contributed by atoms with E-state index in [1.165, 1.54) is 19.1 Å². The Bertz CT molecular complexity index is 659. The monoisotopic (exact) mass is 304 g/mol. The molecule has 0 bridgehead atoms. The van der Waals surface area contributed by atoms with E-state index in [9.17, 15) is 18.8 Å². The van der Waals surface area contributed by atoms with Gasteiger partial charge in [0.1, 0.15) is 5.82 Å². The van der Waals surface area contributed by atoms with E-state index in [4.69, 9.17) is 0 Å². The lowest BCUT2D eigenvalue weighted by Crippen LogP contribution is -2.53. The molecule has 0 saturated carbocycles. The van der Waals surface area contributed by atoms with Crippen molar-refractivity contribution in [3.05, 3.63) is 35.1 Å². The van der Waals surface area contributed by atoms with E-state index in [0.29, 0.717) is 26.1 Å². The molecular formula is C16H17FN2O3. The van der Waals surface area contributed by atoms with Gasteiger partial charge < -0.3 is 9.80 Å². The Kier molecular flexibility index (Phi) is 3.68. The first-order valence-corrected chi connectivity index (χ1v) is 7.36. The van der Waals surface area contributed by atoms with Crippen LogP contribution in [0.3, 0.4) is 0 Å². The number of nitrogens with zero attached hydrogens (tertiary/aromatic N) is 2. The molecule has 1 unspecified atom stereocenters. The van der Waals surface area contributed by atoms with E-state index < -0.39 is 5.82 Å². The van der Waals surface area contributed by atoms with Crippen LogP contribution in [0.15, 0.2) is 18.2 Å². The van der Waals surface area contributed by atoms with E-state index >= 15 is 0 Å².